The van der Waals surface area contributed by atoms with Gasteiger partial charge in [0.05, 0.1) is 23.7 Å². The Balaban J connectivity index is 1.83. The minimum absolute atomic E-state index is 0.0505. The lowest BCUT2D eigenvalue weighted by Crippen LogP contribution is -2.43. The molecule has 1 atom stereocenters. The normalized spacial score (nSPS) is 17.2. The monoisotopic (exact) mass is 432 g/mol. The zero-order valence-corrected chi connectivity index (χ0v) is 16.1. The van der Waals surface area contributed by atoms with Crippen molar-refractivity contribution in [3.63, 3.8) is 0 Å². The van der Waals surface area contributed by atoms with Crippen molar-refractivity contribution in [2.75, 3.05) is 32.8 Å². The van der Waals surface area contributed by atoms with E-state index in [0.717, 1.165) is 11.6 Å². The molecule has 1 unspecified atom stereocenters. The van der Waals surface area contributed by atoms with E-state index in [1.54, 1.807) is 0 Å². The number of nitrogens with one attached hydrogen (secondary N) is 1. The molecule has 2 aromatic carbocycles. The van der Waals surface area contributed by atoms with E-state index in [1.807, 2.05) is 35.2 Å². The zero-order chi connectivity index (χ0) is 21.1. The number of benzene rings is 2. The fraction of sp³-hybridized carbons (Fsp3) is 0.368. The lowest BCUT2D eigenvalue weighted by atomic mass is 10.1. The summed E-state index contributed by atoms with van der Waals surface area (Å²) >= 11 is 0. The van der Waals surface area contributed by atoms with Crippen molar-refractivity contribution in [2.24, 2.45) is 0 Å². The number of alkyl halides is 3. The van der Waals surface area contributed by atoms with E-state index >= 15 is 0 Å². The Morgan fingerprint density at radius 2 is 1.72 bits per heavy atom. The molecule has 1 saturated heterocycles. The van der Waals surface area contributed by atoms with Crippen LogP contribution in [0.3, 0.4) is 0 Å². The lowest BCUT2D eigenvalue weighted by molar-refractivity contribution is -0.140. The van der Waals surface area contributed by atoms with Crippen LogP contribution in [-0.2, 0) is 20.9 Å². The molecule has 0 amide bonds. The summed E-state index contributed by atoms with van der Waals surface area (Å²) in [6.45, 7) is 2.14. The molecule has 0 radical (unpaired) electrons. The first-order valence-electron chi connectivity index (χ1n) is 8.91. The molecule has 2 aromatic rings. The van der Waals surface area contributed by atoms with Gasteiger partial charge in [0.2, 0.25) is 10.0 Å². The second kappa shape index (κ2) is 8.78. The van der Waals surface area contributed by atoms with Crippen molar-refractivity contribution in [1.29, 1.82) is 0 Å². The van der Waals surface area contributed by atoms with Crippen LogP contribution >= 0.6 is 0 Å². The first-order valence-corrected chi connectivity index (χ1v) is 10.4. The third-order valence-corrected chi connectivity index (χ3v) is 6.11. The molecule has 0 saturated carbocycles. The maximum absolute atomic E-state index is 13.5. The quantitative estimate of drug-likeness (QED) is 0.713. The van der Waals surface area contributed by atoms with E-state index in [9.17, 15) is 26.0 Å². The second-order valence-corrected chi connectivity index (χ2v) is 8.33. The van der Waals surface area contributed by atoms with Gasteiger partial charge in [0.25, 0.3) is 0 Å². The molecule has 5 nitrogen and oxygen atoms in total. The predicted molar refractivity (Wildman–Crippen MR) is 98.2 cm³/mol. The number of sulfonamides is 1. The Labute approximate surface area is 166 Å². The highest BCUT2D eigenvalue weighted by Crippen LogP contribution is 2.33. The van der Waals surface area contributed by atoms with E-state index < -0.39 is 32.5 Å². The van der Waals surface area contributed by atoms with Gasteiger partial charge in [0.1, 0.15) is 5.82 Å². The van der Waals surface area contributed by atoms with Gasteiger partial charge in [-0.05, 0) is 23.8 Å². The molecular weight excluding hydrogens is 412 g/mol. The Kier molecular flexibility index (Phi) is 6.57. The van der Waals surface area contributed by atoms with E-state index in [4.69, 9.17) is 4.74 Å². The van der Waals surface area contributed by atoms with Crippen molar-refractivity contribution < 1.29 is 30.7 Å². The van der Waals surface area contributed by atoms with Crippen molar-refractivity contribution >= 4 is 10.0 Å². The van der Waals surface area contributed by atoms with Gasteiger partial charge >= 0.3 is 6.18 Å². The van der Waals surface area contributed by atoms with Crippen LogP contribution in [0.15, 0.2) is 53.4 Å². The average molecular weight is 432 g/mol. The Bertz CT molecular complexity index is 930. The van der Waals surface area contributed by atoms with Crippen molar-refractivity contribution in [3.8, 4) is 0 Å². The third kappa shape index (κ3) is 5.33. The summed E-state index contributed by atoms with van der Waals surface area (Å²) in [5.41, 5.74) is -0.750. The minimum atomic E-state index is -4.99. The highest BCUT2D eigenvalue weighted by atomic mass is 32.2. The molecule has 1 heterocycles. The van der Waals surface area contributed by atoms with Gasteiger partial charge in [-0.25, -0.2) is 17.5 Å². The molecule has 3 rings (SSSR count). The largest absolute Gasteiger partial charge is 0.419 e. The molecule has 0 bridgehead atoms. The van der Waals surface area contributed by atoms with Gasteiger partial charge in [-0.2, -0.15) is 13.2 Å². The number of hydrogen-bond donors (Lipinski definition) is 1. The topological polar surface area (TPSA) is 58.6 Å². The highest BCUT2D eigenvalue weighted by molar-refractivity contribution is 7.89. The van der Waals surface area contributed by atoms with Crippen LogP contribution in [-0.4, -0.2) is 46.2 Å². The van der Waals surface area contributed by atoms with Gasteiger partial charge < -0.3 is 4.74 Å². The number of rotatable bonds is 6. The first kappa shape index (κ1) is 21.7. The van der Waals surface area contributed by atoms with Crippen LogP contribution in [0.2, 0.25) is 0 Å². The molecule has 1 aliphatic rings. The molecule has 1 fully saturated rings. The number of nitrogens with zero attached hydrogens (tertiary/aromatic N) is 1. The molecule has 0 spiro atoms. The zero-order valence-electron chi connectivity index (χ0n) is 15.3. The Hall–Kier alpha value is -2.01. The van der Waals surface area contributed by atoms with Crippen LogP contribution in [0, 0.1) is 5.82 Å². The van der Waals surface area contributed by atoms with Crippen molar-refractivity contribution in [1.82, 2.24) is 9.62 Å². The number of hydrogen-bond acceptors (Lipinski definition) is 4. The van der Waals surface area contributed by atoms with Crippen LogP contribution < -0.4 is 4.72 Å². The standard InChI is InChI=1S/C19H20F4N2O3S/c20-17-7-6-15(12-16(17)19(21,22)23)29(26,27)24-13-18(14-4-2-1-3-5-14)25-8-10-28-11-9-25/h1-7,12,18,24H,8-11,13H2. The molecule has 1 N–H and O–H groups in total. The molecule has 29 heavy (non-hydrogen) atoms. The summed E-state index contributed by atoms with van der Waals surface area (Å²) in [4.78, 5) is 1.41. The number of morpholine rings is 1. The molecule has 1 aliphatic heterocycles. The van der Waals surface area contributed by atoms with Crippen LogP contribution in [0.25, 0.3) is 0 Å². The SMILES string of the molecule is O=S(=O)(NCC(c1ccccc1)N1CCOCC1)c1ccc(F)c(C(F)(F)F)c1. The summed E-state index contributed by atoms with van der Waals surface area (Å²) in [5, 5.41) is 0. The van der Waals surface area contributed by atoms with Crippen LogP contribution in [0.5, 0.6) is 0 Å². The molecule has 0 aromatic heterocycles. The summed E-state index contributed by atoms with van der Waals surface area (Å²) in [6.07, 6.45) is -4.99. The van der Waals surface area contributed by atoms with E-state index in [1.165, 1.54) is 0 Å². The predicted octanol–water partition coefficient (Wildman–Crippen LogP) is 3.20. The van der Waals surface area contributed by atoms with Gasteiger partial charge in [-0.1, -0.05) is 30.3 Å². The Morgan fingerprint density at radius 1 is 1.07 bits per heavy atom. The fourth-order valence-electron chi connectivity index (χ4n) is 3.18. The summed E-state index contributed by atoms with van der Waals surface area (Å²) in [6, 6.07) is 10.5. The number of halogens is 4. The van der Waals surface area contributed by atoms with E-state index in [0.29, 0.717) is 38.4 Å². The summed E-state index contributed by atoms with van der Waals surface area (Å²) in [5.74, 6) is -1.52. The van der Waals surface area contributed by atoms with Crippen molar-refractivity contribution in [3.05, 3.63) is 65.5 Å². The van der Waals surface area contributed by atoms with E-state index in [2.05, 4.69) is 4.72 Å². The van der Waals surface area contributed by atoms with Gasteiger partial charge in [0.15, 0.2) is 0 Å². The summed E-state index contributed by atoms with van der Waals surface area (Å²) < 4.78 is 85.1. The molecule has 158 valence electrons. The van der Waals surface area contributed by atoms with Gasteiger partial charge in [-0.3, -0.25) is 4.90 Å². The summed E-state index contributed by atoms with van der Waals surface area (Å²) in [7, 11) is -4.28. The number of ether oxygens (including phenoxy) is 1. The maximum Gasteiger partial charge on any atom is 0.419 e. The first-order chi connectivity index (χ1) is 13.7. The minimum Gasteiger partial charge on any atom is -0.379 e. The van der Waals surface area contributed by atoms with Gasteiger partial charge in [-0.15, -0.1) is 0 Å². The second-order valence-electron chi connectivity index (χ2n) is 6.57. The highest BCUT2D eigenvalue weighted by Gasteiger charge is 2.35. The van der Waals surface area contributed by atoms with E-state index in [-0.39, 0.29) is 12.6 Å². The fourth-order valence-corrected chi connectivity index (χ4v) is 4.25. The van der Waals surface area contributed by atoms with Gasteiger partial charge in [0, 0.05) is 25.7 Å². The van der Waals surface area contributed by atoms with Crippen molar-refractivity contribution in [2.45, 2.75) is 17.1 Å². The smallest absolute Gasteiger partial charge is 0.379 e. The lowest BCUT2D eigenvalue weighted by Gasteiger charge is -2.34. The average Bonchev–Trinajstić information content (AvgIpc) is 2.69. The van der Waals surface area contributed by atoms with Crippen LogP contribution in [0.1, 0.15) is 17.2 Å². The Morgan fingerprint density at radius 3 is 2.34 bits per heavy atom. The molecule has 10 heteroatoms. The maximum atomic E-state index is 13.5. The molecule has 0 aliphatic carbocycles. The third-order valence-electron chi connectivity index (χ3n) is 4.69. The van der Waals surface area contributed by atoms with Crippen LogP contribution in [0.4, 0.5) is 17.6 Å². The molecular formula is C19H20F4N2O3S.